The first-order chi connectivity index (χ1) is 14.4. The second-order valence-electron chi connectivity index (χ2n) is 6.63. The van der Waals surface area contributed by atoms with E-state index in [0.29, 0.717) is 5.02 Å². The zero-order valence-corrected chi connectivity index (χ0v) is 17.2. The topological polar surface area (TPSA) is 90.5 Å². The molecular formula is C22H18Cl2N2O4. The van der Waals surface area contributed by atoms with Crippen molar-refractivity contribution in [3.63, 3.8) is 0 Å². The molecule has 0 bridgehead atoms. The van der Waals surface area contributed by atoms with Crippen molar-refractivity contribution < 1.29 is 14.7 Å². The van der Waals surface area contributed by atoms with Gasteiger partial charge in [0.1, 0.15) is 6.04 Å². The van der Waals surface area contributed by atoms with Gasteiger partial charge < -0.3 is 15.0 Å². The van der Waals surface area contributed by atoms with Crippen LogP contribution in [0.15, 0.2) is 71.7 Å². The highest BCUT2D eigenvalue weighted by atomic mass is 35.5. The number of rotatable bonds is 7. The van der Waals surface area contributed by atoms with Gasteiger partial charge in [-0.2, -0.15) is 0 Å². The molecule has 6 nitrogen and oxygen atoms in total. The number of amides is 1. The Morgan fingerprint density at radius 1 is 1.03 bits per heavy atom. The number of H-pyrrole nitrogens is 1. The fourth-order valence-electron chi connectivity index (χ4n) is 3.07. The SMILES string of the molecule is O=C(O)C(Cc1ccccc1)N(Cc1ccc[nH]c1=O)C(=O)c1ccc(Cl)cc1Cl. The summed E-state index contributed by atoms with van der Waals surface area (Å²) in [6.07, 6.45) is 1.53. The molecule has 2 aromatic carbocycles. The van der Waals surface area contributed by atoms with E-state index in [-0.39, 0.29) is 29.1 Å². The molecule has 2 N–H and O–H groups in total. The quantitative estimate of drug-likeness (QED) is 0.575. The number of carbonyl (C=O) groups excluding carboxylic acids is 1. The van der Waals surface area contributed by atoms with Crippen molar-refractivity contribution in [2.24, 2.45) is 0 Å². The summed E-state index contributed by atoms with van der Waals surface area (Å²) in [4.78, 5) is 41.4. The van der Waals surface area contributed by atoms with Gasteiger partial charge in [-0.05, 0) is 29.8 Å². The molecule has 1 atom stereocenters. The van der Waals surface area contributed by atoms with E-state index < -0.39 is 23.5 Å². The molecule has 154 valence electrons. The van der Waals surface area contributed by atoms with Crippen LogP contribution in [-0.4, -0.2) is 32.9 Å². The van der Waals surface area contributed by atoms with Gasteiger partial charge in [-0.15, -0.1) is 0 Å². The molecule has 8 heteroatoms. The lowest BCUT2D eigenvalue weighted by Crippen LogP contribution is -2.46. The highest BCUT2D eigenvalue weighted by Crippen LogP contribution is 2.24. The minimum absolute atomic E-state index is 0.0673. The second kappa shape index (κ2) is 9.61. The van der Waals surface area contributed by atoms with E-state index in [9.17, 15) is 19.5 Å². The molecule has 3 aromatic rings. The zero-order valence-electron chi connectivity index (χ0n) is 15.7. The molecule has 0 saturated carbocycles. The van der Waals surface area contributed by atoms with Crippen molar-refractivity contribution in [2.45, 2.75) is 19.0 Å². The highest BCUT2D eigenvalue weighted by molar-refractivity contribution is 6.36. The first-order valence-electron chi connectivity index (χ1n) is 9.06. The van der Waals surface area contributed by atoms with Gasteiger partial charge in [0, 0.05) is 23.2 Å². The number of hydrogen-bond donors (Lipinski definition) is 2. The number of aliphatic carboxylic acids is 1. The van der Waals surface area contributed by atoms with Crippen molar-refractivity contribution in [3.8, 4) is 0 Å². The van der Waals surface area contributed by atoms with Crippen molar-refractivity contribution in [1.82, 2.24) is 9.88 Å². The number of pyridine rings is 1. The predicted octanol–water partition coefficient (Wildman–Crippen LogP) is 4.02. The molecule has 30 heavy (non-hydrogen) atoms. The van der Waals surface area contributed by atoms with Gasteiger partial charge in [-0.3, -0.25) is 9.59 Å². The van der Waals surface area contributed by atoms with Gasteiger partial charge in [0.15, 0.2) is 0 Å². The molecule has 0 aliphatic heterocycles. The molecule has 3 rings (SSSR count). The van der Waals surface area contributed by atoms with Crippen LogP contribution in [0.25, 0.3) is 0 Å². The summed E-state index contributed by atoms with van der Waals surface area (Å²) in [6.45, 7) is -0.197. The molecule has 0 spiro atoms. The Morgan fingerprint density at radius 2 is 1.77 bits per heavy atom. The smallest absolute Gasteiger partial charge is 0.326 e. The Hall–Kier alpha value is -3.09. The average molecular weight is 445 g/mol. The van der Waals surface area contributed by atoms with Gasteiger partial charge in [-0.1, -0.05) is 59.6 Å². The number of carboxylic acid groups (broad SMARTS) is 1. The van der Waals surface area contributed by atoms with Crippen LogP contribution in [0.5, 0.6) is 0 Å². The summed E-state index contributed by atoms with van der Waals surface area (Å²) in [6, 6.07) is 15.3. The molecule has 0 fully saturated rings. The third-order valence-electron chi connectivity index (χ3n) is 4.60. The molecule has 1 unspecified atom stereocenters. The normalized spacial score (nSPS) is 11.7. The first kappa shape index (κ1) is 21.6. The fourth-order valence-corrected chi connectivity index (χ4v) is 3.56. The zero-order chi connectivity index (χ0) is 21.7. The molecule has 0 radical (unpaired) electrons. The van der Waals surface area contributed by atoms with Crippen LogP contribution in [0.3, 0.4) is 0 Å². The van der Waals surface area contributed by atoms with Crippen LogP contribution >= 0.6 is 23.2 Å². The summed E-state index contributed by atoms with van der Waals surface area (Å²) in [5, 5.41) is 10.4. The maximum absolute atomic E-state index is 13.4. The number of carbonyl (C=O) groups is 2. The Labute approximate surface area is 182 Å². The molecule has 1 heterocycles. The van der Waals surface area contributed by atoms with Crippen LogP contribution in [0.4, 0.5) is 0 Å². The molecule has 0 aliphatic rings. The van der Waals surface area contributed by atoms with Crippen molar-refractivity contribution in [1.29, 1.82) is 0 Å². The summed E-state index contributed by atoms with van der Waals surface area (Å²) in [5.74, 6) is -1.80. The minimum atomic E-state index is -1.22. The number of nitrogens with one attached hydrogen (secondary N) is 1. The Kier molecular flexibility index (Phi) is 6.92. The average Bonchev–Trinajstić information content (AvgIpc) is 2.72. The van der Waals surface area contributed by atoms with E-state index in [1.807, 2.05) is 6.07 Å². The number of hydrogen-bond acceptors (Lipinski definition) is 3. The second-order valence-corrected chi connectivity index (χ2v) is 7.47. The number of aromatic nitrogens is 1. The first-order valence-corrected chi connectivity index (χ1v) is 9.81. The maximum Gasteiger partial charge on any atom is 0.326 e. The van der Waals surface area contributed by atoms with Gasteiger partial charge in [0.05, 0.1) is 17.1 Å². The molecule has 1 amide bonds. The Balaban J connectivity index is 2.04. The lowest BCUT2D eigenvalue weighted by atomic mass is 10.0. The van der Waals surface area contributed by atoms with E-state index in [1.54, 1.807) is 36.4 Å². The number of carboxylic acids is 1. The van der Waals surface area contributed by atoms with Gasteiger partial charge in [0.25, 0.3) is 11.5 Å². The van der Waals surface area contributed by atoms with Crippen LogP contribution in [-0.2, 0) is 17.8 Å². The van der Waals surface area contributed by atoms with Crippen molar-refractivity contribution >= 4 is 35.1 Å². The third kappa shape index (κ3) is 5.09. The van der Waals surface area contributed by atoms with E-state index in [1.165, 1.54) is 24.4 Å². The largest absolute Gasteiger partial charge is 0.480 e. The molecule has 0 aliphatic carbocycles. The van der Waals surface area contributed by atoms with E-state index in [4.69, 9.17) is 23.2 Å². The molecular weight excluding hydrogens is 427 g/mol. The highest BCUT2D eigenvalue weighted by Gasteiger charge is 2.32. The summed E-state index contributed by atoms with van der Waals surface area (Å²) >= 11 is 12.1. The van der Waals surface area contributed by atoms with Crippen LogP contribution in [0.1, 0.15) is 21.5 Å². The van der Waals surface area contributed by atoms with Crippen LogP contribution in [0, 0.1) is 0 Å². The number of nitrogens with zero attached hydrogens (tertiary/aromatic N) is 1. The lowest BCUT2D eigenvalue weighted by molar-refractivity contribution is -0.142. The van der Waals surface area contributed by atoms with Crippen LogP contribution in [0.2, 0.25) is 10.0 Å². The molecule has 1 aromatic heterocycles. The summed E-state index contributed by atoms with van der Waals surface area (Å²) < 4.78 is 0. The van der Waals surface area contributed by atoms with Gasteiger partial charge >= 0.3 is 5.97 Å². The maximum atomic E-state index is 13.4. The lowest BCUT2D eigenvalue weighted by Gasteiger charge is -2.29. The van der Waals surface area contributed by atoms with E-state index in [0.717, 1.165) is 10.5 Å². The van der Waals surface area contributed by atoms with Crippen molar-refractivity contribution in [2.75, 3.05) is 0 Å². The standard InChI is InChI=1S/C22H18Cl2N2O4/c23-16-8-9-17(18(24)12-16)21(28)26(13-15-7-4-10-25-20(15)27)19(22(29)30)11-14-5-2-1-3-6-14/h1-10,12,19H,11,13H2,(H,25,27)(H,29,30). The number of aromatic amines is 1. The summed E-state index contributed by atoms with van der Waals surface area (Å²) in [5.41, 5.74) is 0.705. The van der Waals surface area contributed by atoms with Gasteiger partial charge in [-0.25, -0.2) is 4.79 Å². The van der Waals surface area contributed by atoms with E-state index in [2.05, 4.69) is 4.98 Å². The monoisotopic (exact) mass is 444 g/mol. The van der Waals surface area contributed by atoms with Crippen molar-refractivity contribution in [3.05, 3.63) is 104 Å². The van der Waals surface area contributed by atoms with Gasteiger partial charge in [0.2, 0.25) is 0 Å². The third-order valence-corrected chi connectivity index (χ3v) is 5.14. The fraction of sp³-hybridized carbons (Fsp3) is 0.136. The Bertz CT molecular complexity index is 1120. The summed E-state index contributed by atoms with van der Waals surface area (Å²) in [7, 11) is 0. The number of halogens is 2. The predicted molar refractivity (Wildman–Crippen MR) is 115 cm³/mol. The van der Waals surface area contributed by atoms with Crippen LogP contribution < -0.4 is 5.56 Å². The van der Waals surface area contributed by atoms with E-state index >= 15 is 0 Å². The minimum Gasteiger partial charge on any atom is -0.480 e. The molecule has 0 saturated heterocycles. The number of benzene rings is 2. The Morgan fingerprint density at radius 3 is 2.40 bits per heavy atom.